The molecular weight excluding hydrogens is 239 g/mol. The van der Waals surface area contributed by atoms with Gasteiger partial charge in [0.2, 0.25) is 5.91 Å². The van der Waals surface area contributed by atoms with Crippen molar-refractivity contribution in [1.29, 1.82) is 0 Å². The van der Waals surface area contributed by atoms with Crippen LogP contribution in [0.25, 0.3) is 0 Å². The van der Waals surface area contributed by atoms with Gasteiger partial charge < -0.3 is 15.7 Å². The molecule has 0 unspecified atom stereocenters. The first kappa shape index (κ1) is 14.1. The normalized spacial score (nSPS) is 10.1. The van der Waals surface area contributed by atoms with E-state index in [1.165, 1.54) is 12.1 Å². The van der Waals surface area contributed by atoms with Crippen LogP contribution in [0.1, 0.15) is 12.0 Å². The van der Waals surface area contributed by atoms with E-state index in [1.807, 2.05) is 0 Å². The topological polar surface area (TPSA) is 78.4 Å². The fourth-order valence-electron chi connectivity index (χ4n) is 1.32. The third kappa shape index (κ3) is 4.92. The van der Waals surface area contributed by atoms with Gasteiger partial charge in [-0.2, -0.15) is 0 Å². The second-order valence-corrected chi connectivity index (χ2v) is 3.83. The van der Waals surface area contributed by atoms with E-state index in [-0.39, 0.29) is 25.4 Å². The minimum absolute atomic E-state index is 0.0107. The van der Waals surface area contributed by atoms with Gasteiger partial charge in [-0.1, -0.05) is 6.07 Å². The maximum absolute atomic E-state index is 13.0. The van der Waals surface area contributed by atoms with Gasteiger partial charge in [-0.05, 0) is 24.6 Å². The highest BCUT2D eigenvalue weighted by atomic mass is 19.1. The fourth-order valence-corrected chi connectivity index (χ4v) is 1.32. The molecule has 0 aliphatic heterocycles. The molecule has 0 radical (unpaired) electrons. The molecule has 0 aliphatic carbocycles. The molecule has 0 spiro atoms. The number of amides is 1. The lowest BCUT2D eigenvalue weighted by Gasteiger charge is -2.08. The molecule has 18 heavy (non-hydrogen) atoms. The fraction of sp³-hybridized carbons (Fsp3) is 0.333. The molecule has 1 aromatic carbocycles. The summed E-state index contributed by atoms with van der Waals surface area (Å²) in [5.41, 5.74) is 1.18. The van der Waals surface area contributed by atoms with Gasteiger partial charge in [-0.3, -0.25) is 9.59 Å². The number of halogens is 1. The summed E-state index contributed by atoms with van der Waals surface area (Å²) >= 11 is 0. The van der Waals surface area contributed by atoms with E-state index >= 15 is 0 Å². The highest BCUT2D eigenvalue weighted by Gasteiger charge is 2.05. The number of anilines is 1. The predicted molar refractivity (Wildman–Crippen MR) is 64.9 cm³/mol. The van der Waals surface area contributed by atoms with Gasteiger partial charge in [-0.15, -0.1) is 0 Å². The van der Waals surface area contributed by atoms with Crippen LogP contribution in [0.15, 0.2) is 18.2 Å². The van der Waals surface area contributed by atoms with Crippen LogP contribution in [0, 0.1) is 12.7 Å². The van der Waals surface area contributed by atoms with Crippen LogP contribution < -0.4 is 10.6 Å². The molecule has 0 saturated carbocycles. The lowest BCUT2D eigenvalue weighted by Crippen LogP contribution is -2.29. The highest BCUT2D eigenvalue weighted by molar-refractivity contribution is 5.92. The van der Waals surface area contributed by atoms with Crippen LogP contribution in [-0.4, -0.2) is 30.1 Å². The van der Waals surface area contributed by atoms with E-state index in [0.717, 1.165) is 5.56 Å². The van der Waals surface area contributed by atoms with Crippen molar-refractivity contribution in [2.45, 2.75) is 13.3 Å². The van der Waals surface area contributed by atoms with E-state index < -0.39 is 11.8 Å². The third-order valence-electron chi connectivity index (χ3n) is 2.27. The van der Waals surface area contributed by atoms with Gasteiger partial charge in [-0.25, -0.2) is 4.39 Å². The maximum atomic E-state index is 13.0. The number of rotatable bonds is 6. The molecule has 5 nitrogen and oxygen atoms in total. The zero-order valence-corrected chi connectivity index (χ0v) is 10.00. The van der Waals surface area contributed by atoms with Gasteiger partial charge >= 0.3 is 5.97 Å². The number of carbonyl (C=O) groups excluding carboxylic acids is 1. The summed E-state index contributed by atoms with van der Waals surface area (Å²) in [6, 6.07) is 4.13. The highest BCUT2D eigenvalue weighted by Crippen LogP contribution is 2.15. The van der Waals surface area contributed by atoms with Crippen LogP contribution in [0.2, 0.25) is 0 Å². The number of carboxylic acids is 1. The molecule has 0 fully saturated rings. The second-order valence-electron chi connectivity index (χ2n) is 3.83. The first-order chi connectivity index (χ1) is 8.49. The summed E-state index contributed by atoms with van der Waals surface area (Å²) in [6.07, 6.45) is -0.0493. The third-order valence-corrected chi connectivity index (χ3v) is 2.27. The van der Waals surface area contributed by atoms with E-state index in [1.54, 1.807) is 13.0 Å². The van der Waals surface area contributed by atoms with Gasteiger partial charge in [0, 0.05) is 12.2 Å². The average Bonchev–Trinajstić information content (AvgIpc) is 2.29. The standard InChI is InChI=1S/C12H15FN2O3/c1-8-2-3-9(13)6-10(8)15-11(16)7-14-5-4-12(17)18/h2-3,6,14H,4-5,7H2,1H3,(H,15,16)(H,17,18). The summed E-state index contributed by atoms with van der Waals surface area (Å²) < 4.78 is 13.0. The van der Waals surface area contributed by atoms with Crippen molar-refractivity contribution >= 4 is 17.6 Å². The summed E-state index contributed by atoms with van der Waals surface area (Å²) in [4.78, 5) is 21.7. The molecule has 1 rings (SSSR count). The largest absolute Gasteiger partial charge is 0.481 e. The Kier molecular flexibility index (Phi) is 5.26. The van der Waals surface area contributed by atoms with Gasteiger partial charge in [0.1, 0.15) is 5.82 Å². The Hall–Kier alpha value is -1.95. The molecule has 1 aromatic rings. The summed E-state index contributed by atoms with van der Waals surface area (Å²) in [5, 5.41) is 13.6. The zero-order chi connectivity index (χ0) is 13.5. The minimum atomic E-state index is -0.927. The molecular formula is C12H15FN2O3. The Bertz CT molecular complexity index is 449. The molecule has 0 atom stereocenters. The lowest BCUT2D eigenvalue weighted by molar-refractivity contribution is -0.137. The van der Waals surface area contributed by atoms with E-state index in [9.17, 15) is 14.0 Å². The molecule has 0 saturated heterocycles. The van der Waals surface area contributed by atoms with Crippen molar-refractivity contribution in [3.8, 4) is 0 Å². The first-order valence-electron chi connectivity index (χ1n) is 5.47. The minimum Gasteiger partial charge on any atom is -0.481 e. The van der Waals surface area contributed by atoms with Crippen molar-refractivity contribution in [3.05, 3.63) is 29.6 Å². The predicted octanol–water partition coefficient (Wildman–Crippen LogP) is 1.14. The lowest BCUT2D eigenvalue weighted by atomic mass is 10.2. The van der Waals surface area contributed by atoms with Gasteiger partial charge in [0.05, 0.1) is 13.0 Å². The van der Waals surface area contributed by atoms with Crippen LogP contribution in [-0.2, 0) is 9.59 Å². The van der Waals surface area contributed by atoms with E-state index in [2.05, 4.69) is 10.6 Å². The smallest absolute Gasteiger partial charge is 0.304 e. The Morgan fingerprint density at radius 3 is 2.78 bits per heavy atom. The number of nitrogens with one attached hydrogen (secondary N) is 2. The van der Waals surface area contributed by atoms with Crippen molar-refractivity contribution < 1.29 is 19.1 Å². The Morgan fingerprint density at radius 2 is 2.11 bits per heavy atom. The van der Waals surface area contributed by atoms with Crippen LogP contribution in [0.4, 0.5) is 10.1 Å². The number of hydrogen-bond donors (Lipinski definition) is 3. The molecule has 1 amide bonds. The number of aliphatic carboxylic acids is 1. The van der Waals surface area contributed by atoms with Crippen LogP contribution in [0.5, 0.6) is 0 Å². The summed E-state index contributed by atoms with van der Waals surface area (Å²) in [6.45, 7) is 1.96. The molecule has 0 aliphatic rings. The number of benzene rings is 1. The molecule has 6 heteroatoms. The molecule has 0 aromatic heterocycles. The first-order valence-corrected chi connectivity index (χ1v) is 5.47. The summed E-state index contributed by atoms with van der Waals surface area (Å²) in [7, 11) is 0. The zero-order valence-electron chi connectivity index (χ0n) is 10.00. The number of carboxylic acid groups (broad SMARTS) is 1. The number of aryl methyl sites for hydroxylation is 1. The molecule has 0 bridgehead atoms. The second kappa shape index (κ2) is 6.70. The maximum Gasteiger partial charge on any atom is 0.304 e. The SMILES string of the molecule is Cc1ccc(F)cc1NC(=O)CNCCC(=O)O. The van der Waals surface area contributed by atoms with Crippen molar-refractivity contribution in [2.24, 2.45) is 0 Å². The van der Waals surface area contributed by atoms with Crippen molar-refractivity contribution in [1.82, 2.24) is 5.32 Å². The van der Waals surface area contributed by atoms with E-state index in [0.29, 0.717) is 5.69 Å². The van der Waals surface area contributed by atoms with Crippen molar-refractivity contribution in [2.75, 3.05) is 18.4 Å². The number of hydrogen-bond acceptors (Lipinski definition) is 3. The summed E-state index contributed by atoms with van der Waals surface area (Å²) in [5.74, 6) is -1.69. The molecule has 3 N–H and O–H groups in total. The Balaban J connectivity index is 2.40. The van der Waals surface area contributed by atoms with Crippen LogP contribution >= 0.6 is 0 Å². The molecule has 0 heterocycles. The Labute approximate surface area is 104 Å². The Morgan fingerprint density at radius 1 is 1.39 bits per heavy atom. The van der Waals surface area contributed by atoms with Gasteiger partial charge in [0.15, 0.2) is 0 Å². The quantitative estimate of drug-likeness (QED) is 0.665. The monoisotopic (exact) mass is 254 g/mol. The van der Waals surface area contributed by atoms with Crippen LogP contribution in [0.3, 0.4) is 0 Å². The molecule has 98 valence electrons. The van der Waals surface area contributed by atoms with Gasteiger partial charge in [0.25, 0.3) is 0 Å². The average molecular weight is 254 g/mol. The van der Waals surface area contributed by atoms with E-state index in [4.69, 9.17) is 5.11 Å². The van der Waals surface area contributed by atoms with Crippen molar-refractivity contribution in [3.63, 3.8) is 0 Å². The number of carbonyl (C=O) groups is 2.